The SMILES string of the molecule is C=N/C(=N\C(N)(c1cccc(-c2ccccc2)c1)c1ccc2cc(N3/C=C\C=C/C(=C)c4cc5c6cc7ccccc7cc6n(-c6ccccc6)c5cc43)ccc2c1)c1ccccc1. The number of rotatable bonds is 7. The highest BCUT2D eigenvalue weighted by Crippen LogP contribution is 2.43. The monoisotopic (exact) mass is 821 g/mol. The van der Waals surface area contributed by atoms with E-state index in [1.807, 2.05) is 60.7 Å². The Labute approximate surface area is 372 Å². The fourth-order valence-corrected chi connectivity index (χ4v) is 9.18. The number of hydrogen-bond acceptors (Lipinski definition) is 3. The van der Waals surface area contributed by atoms with Gasteiger partial charge in [0.15, 0.2) is 11.5 Å². The number of aliphatic imine (C=N–C) groups is 2. The number of para-hydroxylation sites is 1. The maximum absolute atomic E-state index is 7.58. The Bertz CT molecular complexity index is 3540. The molecule has 1 aliphatic rings. The lowest BCUT2D eigenvalue weighted by Crippen LogP contribution is -2.37. The van der Waals surface area contributed by atoms with Crippen molar-refractivity contribution in [1.29, 1.82) is 0 Å². The quantitative estimate of drug-likeness (QED) is 0.129. The summed E-state index contributed by atoms with van der Waals surface area (Å²) in [6.07, 6.45) is 8.37. The van der Waals surface area contributed by atoms with E-state index in [4.69, 9.17) is 10.7 Å². The summed E-state index contributed by atoms with van der Waals surface area (Å²) >= 11 is 0. The predicted molar refractivity (Wildman–Crippen MR) is 271 cm³/mol. The van der Waals surface area contributed by atoms with E-state index < -0.39 is 5.66 Å². The van der Waals surface area contributed by atoms with Crippen LogP contribution in [-0.4, -0.2) is 17.1 Å². The molecule has 1 atom stereocenters. The Hall–Kier alpha value is -8.38. The van der Waals surface area contributed by atoms with Gasteiger partial charge in [-0.2, -0.15) is 0 Å². The van der Waals surface area contributed by atoms with E-state index >= 15 is 0 Å². The number of nitrogens with two attached hydrogens (primary N) is 1. The molecule has 9 aromatic carbocycles. The van der Waals surface area contributed by atoms with Crippen LogP contribution in [-0.2, 0) is 5.66 Å². The van der Waals surface area contributed by atoms with Crippen LogP contribution in [0.1, 0.15) is 22.3 Å². The molecule has 0 radical (unpaired) electrons. The fraction of sp³-hybridized carbons (Fsp3) is 0.0169. The molecular formula is C59H43N5. The molecular weight excluding hydrogens is 779 g/mol. The van der Waals surface area contributed by atoms with E-state index in [1.54, 1.807) is 0 Å². The van der Waals surface area contributed by atoms with Crippen LogP contribution in [0.4, 0.5) is 11.4 Å². The molecule has 0 fully saturated rings. The largest absolute Gasteiger partial charge is 0.316 e. The van der Waals surface area contributed by atoms with Gasteiger partial charge >= 0.3 is 0 Å². The molecule has 2 N–H and O–H groups in total. The Morgan fingerprint density at radius 3 is 1.92 bits per heavy atom. The van der Waals surface area contributed by atoms with Crippen LogP contribution in [0, 0.1) is 0 Å². The van der Waals surface area contributed by atoms with Crippen molar-refractivity contribution in [2.75, 3.05) is 4.90 Å². The fourth-order valence-electron chi connectivity index (χ4n) is 9.18. The summed E-state index contributed by atoms with van der Waals surface area (Å²) < 4.78 is 2.39. The Morgan fingerprint density at radius 1 is 0.516 bits per heavy atom. The zero-order valence-corrected chi connectivity index (χ0v) is 35.1. The van der Waals surface area contributed by atoms with Gasteiger partial charge in [-0.1, -0.05) is 158 Å². The number of fused-ring (bicyclic) bond motifs is 6. The molecule has 1 aromatic heterocycles. The van der Waals surface area contributed by atoms with Crippen molar-refractivity contribution in [3.05, 3.63) is 253 Å². The molecule has 0 saturated carbocycles. The van der Waals surface area contributed by atoms with Gasteiger partial charge in [0.25, 0.3) is 0 Å². The number of anilines is 2. The van der Waals surface area contributed by atoms with Gasteiger partial charge in [0.1, 0.15) is 0 Å². The number of hydrogen-bond donors (Lipinski definition) is 1. The summed E-state index contributed by atoms with van der Waals surface area (Å²) in [6, 6.07) is 70.0. The highest BCUT2D eigenvalue weighted by atomic mass is 15.1. The first-order valence-electron chi connectivity index (χ1n) is 21.5. The van der Waals surface area contributed by atoms with Crippen molar-refractivity contribution in [2.45, 2.75) is 5.66 Å². The first-order chi connectivity index (χ1) is 31.4. The molecule has 0 bridgehead atoms. The Morgan fingerprint density at radius 2 is 1.14 bits per heavy atom. The van der Waals surface area contributed by atoms with Gasteiger partial charge in [0.2, 0.25) is 0 Å². The minimum atomic E-state index is -1.30. The zero-order chi connectivity index (χ0) is 43.2. The molecule has 1 unspecified atom stereocenters. The van der Waals surface area contributed by atoms with Crippen molar-refractivity contribution in [3.8, 4) is 16.8 Å². The first kappa shape index (κ1) is 38.5. The average molecular weight is 822 g/mol. The molecule has 11 rings (SSSR count). The van der Waals surface area contributed by atoms with Gasteiger partial charge in [0.05, 0.1) is 16.7 Å². The lowest BCUT2D eigenvalue weighted by atomic mass is 9.88. The third-order valence-electron chi connectivity index (χ3n) is 12.4. The average Bonchev–Trinajstić information content (AvgIpc) is 3.66. The van der Waals surface area contributed by atoms with Crippen LogP contribution in [0.15, 0.2) is 241 Å². The molecule has 304 valence electrons. The van der Waals surface area contributed by atoms with Crippen LogP contribution in [0.3, 0.4) is 0 Å². The summed E-state index contributed by atoms with van der Waals surface area (Å²) in [4.78, 5) is 11.9. The maximum Gasteiger partial charge on any atom is 0.162 e. The molecule has 5 nitrogen and oxygen atoms in total. The van der Waals surface area contributed by atoms with E-state index in [1.165, 1.54) is 21.5 Å². The minimum absolute atomic E-state index is 0.468. The van der Waals surface area contributed by atoms with Crippen molar-refractivity contribution in [3.63, 3.8) is 0 Å². The molecule has 0 aliphatic carbocycles. The van der Waals surface area contributed by atoms with Gasteiger partial charge in [-0.3, -0.25) is 5.73 Å². The van der Waals surface area contributed by atoms with E-state index in [0.717, 1.165) is 77.8 Å². The topological polar surface area (TPSA) is 58.9 Å². The lowest BCUT2D eigenvalue weighted by molar-refractivity contribution is 0.572. The molecule has 0 amide bonds. The maximum atomic E-state index is 7.58. The number of nitrogens with zero attached hydrogens (tertiary/aromatic N) is 4. The van der Waals surface area contributed by atoms with Gasteiger partial charge < -0.3 is 9.47 Å². The normalized spacial score (nSPS) is 14.9. The number of allylic oxidation sites excluding steroid dienone is 4. The first-order valence-corrected chi connectivity index (χ1v) is 21.5. The second kappa shape index (κ2) is 15.8. The van der Waals surface area contributed by atoms with E-state index in [2.05, 4.69) is 192 Å². The van der Waals surface area contributed by atoms with E-state index in [0.29, 0.717) is 5.84 Å². The second-order valence-corrected chi connectivity index (χ2v) is 16.3. The Kier molecular flexibility index (Phi) is 9.53. The molecule has 0 saturated heterocycles. The number of amidine groups is 1. The molecule has 64 heavy (non-hydrogen) atoms. The number of aromatic nitrogens is 1. The summed E-state index contributed by atoms with van der Waals surface area (Å²) in [5, 5.41) is 6.90. The molecule has 2 heterocycles. The van der Waals surface area contributed by atoms with Crippen LogP contribution in [0.25, 0.3) is 65.7 Å². The minimum Gasteiger partial charge on any atom is -0.316 e. The standard InChI is InChI=1S/C59H43N5/c1-40-17-14-15-32-63(55-39-57-54(38-52(40)55)53-36-44-22-12-13-23-45(44)37-56(53)64(57)50-26-10-5-11-27-50)51-31-29-46-34-49(30-28-47(46)35-51)59(60,62-58(61-2)42-20-8-4-9-21-42)48-25-16-24-43(33-48)41-18-6-3-7-19-41/h3-39H,1-2,60H2/b17-14-,32-15-,62-58-. The lowest BCUT2D eigenvalue weighted by Gasteiger charge is -2.29. The van der Waals surface area contributed by atoms with Gasteiger partial charge in [-0.05, 0) is 123 Å². The predicted octanol–water partition coefficient (Wildman–Crippen LogP) is 14.3. The second-order valence-electron chi connectivity index (χ2n) is 16.3. The molecule has 0 spiro atoms. The van der Waals surface area contributed by atoms with Crippen molar-refractivity contribution < 1.29 is 0 Å². The highest BCUT2D eigenvalue weighted by Gasteiger charge is 2.31. The van der Waals surface area contributed by atoms with Gasteiger partial charge in [0, 0.05) is 39.5 Å². The van der Waals surface area contributed by atoms with E-state index in [-0.39, 0.29) is 0 Å². The smallest absolute Gasteiger partial charge is 0.162 e. The molecule has 5 heteroatoms. The van der Waals surface area contributed by atoms with Crippen LogP contribution >= 0.6 is 0 Å². The molecule has 10 aromatic rings. The van der Waals surface area contributed by atoms with Gasteiger partial charge in [-0.15, -0.1) is 0 Å². The van der Waals surface area contributed by atoms with Crippen LogP contribution in [0.2, 0.25) is 0 Å². The van der Waals surface area contributed by atoms with Gasteiger partial charge in [-0.25, -0.2) is 9.98 Å². The highest BCUT2D eigenvalue weighted by molar-refractivity contribution is 6.15. The third-order valence-corrected chi connectivity index (χ3v) is 12.4. The number of benzene rings is 9. The van der Waals surface area contributed by atoms with Crippen LogP contribution in [0.5, 0.6) is 0 Å². The van der Waals surface area contributed by atoms with Crippen molar-refractivity contribution in [2.24, 2.45) is 15.7 Å². The third kappa shape index (κ3) is 6.72. The zero-order valence-electron chi connectivity index (χ0n) is 35.1. The Balaban J connectivity index is 1.06. The molecule has 1 aliphatic heterocycles. The summed E-state index contributed by atoms with van der Waals surface area (Å²) in [6.45, 7) is 8.49. The van der Waals surface area contributed by atoms with Crippen molar-refractivity contribution >= 4 is 72.9 Å². The van der Waals surface area contributed by atoms with Crippen LogP contribution < -0.4 is 10.6 Å². The summed E-state index contributed by atoms with van der Waals surface area (Å²) in [5.74, 6) is 0.468. The van der Waals surface area contributed by atoms with E-state index in [9.17, 15) is 0 Å². The summed E-state index contributed by atoms with van der Waals surface area (Å²) in [5.41, 5.74) is 18.4. The summed E-state index contributed by atoms with van der Waals surface area (Å²) in [7, 11) is 0. The van der Waals surface area contributed by atoms with Crippen molar-refractivity contribution in [1.82, 2.24) is 4.57 Å².